The third kappa shape index (κ3) is 4.47. The first kappa shape index (κ1) is 14.2. The highest BCUT2D eigenvalue weighted by Crippen LogP contribution is 2.19. The Balaban J connectivity index is 2.60. The molecule has 4 nitrogen and oxygen atoms in total. The van der Waals surface area contributed by atoms with Crippen LogP contribution in [0.5, 0.6) is 0 Å². The summed E-state index contributed by atoms with van der Waals surface area (Å²) in [5.74, 6) is -1.31. The van der Waals surface area contributed by atoms with Crippen LogP contribution in [0.15, 0.2) is 15.9 Å². The number of halogens is 1. The number of hydrogen-bond donors (Lipinski definition) is 2. The molecule has 1 heterocycles. The Kier molecular flexibility index (Phi) is 5.64. The number of nitrogens with one attached hydrogen (secondary N) is 1. The second kappa shape index (κ2) is 6.76. The average molecular weight is 320 g/mol. The number of carboxylic acid groups (broad SMARTS) is 1. The molecular weight excluding hydrogens is 306 g/mol. The summed E-state index contributed by atoms with van der Waals surface area (Å²) >= 11 is 4.53. The molecule has 0 aliphatic heterocycles. The van der Waals surface area contributed by atoms with Crippen molar-refractivity contribution in [1.82, 2.24) is 5.32 Å². The van der Waals surface area contributed by atoms with Crippen LogP contribution in [0.2, 0.25) is 0 Å². The third-order valence-electron chi connectivity index (χ3n) is 2.24. The molecule has 1 rings (SSSR count). The summed E-state index contributed by atoms with van der Waals surface area (Å²) in [5, 5.41) is 13.3. The second-order valence-corrected chi connectivity index (χ2v) is 5.46. The highest BCUT2D eigenvalue weighted by atomic mass is 79.9. The second-order valence-electron chi connectivity index (χ2n) is 3.64. The van der Waals surface area contributed by atoms with E-state index in [-0.39, 0.29) is 5.91 Å². The highest BCUT2D eigenvalue weighted by Gasteiger charge is 2.20. The van der Waals surface area contributed by atoms with Crippen molar-refractivity contribution in [3.8, 4) is 0 Å². The number of unbranched alkanes of at least 4 members (excludes halogenated alkanes) is 1. The van der Waals surface area contributed by atoms with Crippen LogP contribution in [0.4, 0.5) is 0 Å². The third-order valence-corrected chi connectivity index (χ3v) is 3.93. The molecule has 1 aromatic rings. The molecule has 94 valence electrons. The van der Waals surface area contributed by atoms with Crippen LogP contribution >= 0.6 is 27.3 Å². The van der Waals surface area contributed by atoms with Crippen molar-refractivity contribution in [3.63, 3.8) is 0 Å². The fourth-order valence-corrected chi connectivity index (χ4v) is 2.66. The molecule has 0 saturated heterocycles. The van der Waals surface area contributed by atoms with Crippen molar-refractivity contribution in [2.75, 3.05) is 0 Å². The maximum atomic E-state index is 11.8. The number of carbonyl (C=O) groups is 2. The van der Waals surface area contributed by atoms with Crippen molar-refractivity contribution in [3.05, 3.63) is 20.8 Å². The maximum absolute atomic E-state index is 11.8. The van der Waals surface area contributed by atoms with E-state index in [0.29, 0.717) is 11.3 Å². The first-order valence-corrected chi connectivity index (χ1v) is 6.99. The Hall–Kier alpha value is -0.880. The van der Waals surface area contributed by atoms with Crippen LogP contribution in [-0.2, 0) is 4.79 Å². The Bertz CT molecular complexity index is 405. The SMILES string of the molecule is CCCCC(NC(=O)c1cc(Br)cs1)C(=O)O. The summed E-state index contributed by atoms with van der Waals surface area (Å²) in [5.41, 5.74) is 0. The van der Waals surface area contributed by atoms with E-state index < -0.39 is 12.0 Å². The molecule has 2 N–H and O–H groups in total. The molecule has 0 fully saturated rings. The van der Waals surface area contributed by atoms with Gasteiger partial charge in [-0.05, 0) is 28.4 Å². The van der Waals surface area contributed by atoms with Crippen LogP contribution in [0, 0.1) is 0 Å². The number of rotatable bonds is 6. The van der Waals surface area contributed by atoms with Gasteiger partial charge in [0.15, 0.2) is 0 Å². The Labute approximate surface area is 112 Å². The van der Waals surface area contributed by atoms with Gasteiger partial charge in [-0.1, -0.05) is 19.8 Å². The molecule has 0 saturated carbocycles. The van der Waals surface area contributed by atoms with Crippen LogP contribution in [0.25, 0.3) is 0 Å². The standard InChI is InChI=1S/C11H14BrNO3S/c1-2-3-4-8(11(15)16)13-10(14)9-5-7(12)6-17-9/h5-6,8H,2-4H2,1H3,(H,13,14)(H,15,16). The Morgan fingerprint density at radius 3 is 2.76 bits per heavy atom. The molecule has 0 aliphatic rings. The van der Waals surface area contributed by atoms with E-state index in [1.165, 1.54) is 11.3 Å². The number of carbonyl (C=O) groups excluding carboxylic acids is 1. The van der Waals surface area contributed by atoms with Gasteiger partial charge in [-0.15, -0.1) is 11.3 Å². The van der Waals surface area contributed by atoms with Crippen molar-refractivity contribution in [2.45, 2.75) is 32.2 Å². The molecule has 17 heavy (non-hydrogen) atoms. The fraction of sp³-hybridized carbons (Fsp3) is 0.455. The number of amides is 1. The van der Waals surface area contributed by atoms with Crippen molar-refractivity contribution < 1.29 is 14.7 Å². The first-order valence-electron chi connectivity index (χ1n) is 5.32. The van der Waals surface area contributed by atoms with Gasteiger partial charge in [0.25, 0.3) is 5.91 Å². The van der Waals surface area contributed by atoms with E-state index in [1.54, 1.807) is 11.4 Å². The number of aliphatic carboxylic acids is 1. The molecule has 0 bridgehead atoms. The van der Waals surface area contributed by atoms with E-state index in [2.05, 4.69) is 21.2 Å². The zero-order chi connectivity index (χ0) is 12.8. The smallest absolute Gasteiger partial charge is 0.326 e. The van der Waals surface area contributed by atoms with E-state index in [1.807, 2.05) is 6.92 Å². The van der Waals surface area contributed by atoms with Gasteiger partial charge in [-0.2, -0.15) is 0 Å². The maximum Gasteiger partial charge on any atom is 0.326 e. The predicted molar refractivity (Wildman–Crippen MR) is 70.4 cm³/mol. The Morgan fingerprint density at radius 2 is 2.29 bits per heavy atom. The largest absolute Gasteiger partial charge is 0.480 e. The molecule has 1 atom stereocenters. The summed E-state index contributed by atoms with van der Waals surface area (Å²) in [6.45, 7) is 1.98. The Morgan fingerprint density at radius 1 is 1.59 bits per heavy atom. The van der Waals surface area contributed by atoms with Gasteiger partial charge < -0.3 is 10.4 Å². The van der Waals surface area contributed by atoms with E-state index in [9.17, 15) is 9.59 Å². The van der Waals surface area contributed by atoms with Crippen LogP contribution in [0.3, 0.4) is 0 Å². The fourth-order valence-electron chi connectivity index (χ4n) is 1.33. The van der Waals surface area contributed by atoms with Gasteiger partial charge in [0, 0.05) is 9.85 Å². The zero-order valence-electron chi connectivity index (χ0n) is 9.40. The van der Waals surface area contributed by atoms with Gasteiger partial charge in [0.1, 0.15) is 6.04 Å². The normalized spacial score (nSPS) is 12.1. The average Bonchev–Trinajstić information content (AvgIpc) is 2.70. The van der Waals surface area contributed by atoms with E-state index in [4.69, 9.17) is 5.11 Å². The molecule has 0 aliphatic carbocycles. The number of carboxylic acids is 1. The molecule has 0 spiro atoms. The van der Waals surface area contributed by atoms with Crippen molar-refractivity contribution in [1.29, 1.82) is 0 Å². The van der Waals surface area contributed by atoms with Gasteiger partial charge in [-0.25, -0.2) is 4.79 Å². The lowest BCUT2D eigenvalue weighted by atomic mass is 10.1. The molecular formula is C11H14BrNO3S. The summed E-state index contributed by atoms with van der Waals surface area (Å²) < 4.78 is 0.827. The monoisotopic (exact) mass is 319 g/mol. The summed E-state index contributed by atoms with van der Waals surface area (Å²) in [7, 11) is 0. The van der Waals surface area contributed by atoms with E-state index >= 15 is 0 Å². The van der Waals surface area contributed by atoms with Crippen LogP contribution in [0.1, 0.15) is 35.9 Å². The number of hydrogen-bond acceptors (Lipinski definition) is 3. The lowest BCUT2D eigenvalue weighted by Crippen LogP contribution is -2.40. The zero-order valence-corrected chi connectivity index (χ0v) is 11.8. The summed E-state index contributed by atoms with van der Waals surface area (Å²) in [4.78, 5) is 23.2. The highest BCUT2D eigenvalue weighted by molar-refractivity contribution is 9.10. The van der Waals surface area contributed by atoms with E-state index in [0.717, 1.165) is 17.3 Å². The molecule has 0 aromatic carbocycles. The molecule has 1 aromatic heterocycles. The van der Waals surface area contributed by atoms with Crippen molar-refractivity contribution in [2.24, 2.45) is 0 Å². The summed E-state index contributed by atoms with van der Waals surface area (Å²) in [6.07, 6.45) is 2.15. The minimum atomic E-state index is -0.984. The number of thiophene rings is 1. The van der Waals surface area contributed by atoms with Gasteiger partial charge in [0.05, 0.1) is 4.88 Å². The topological polar surface area (TPSA) is 66.4 Å². The molecule has 0 radical (unpaired) electrons. The quantitative estimate of drug-likeness (QED) is 0.847. The van der Waals surface area contributed by atoms with Crippen LogP contribution in [-0.4, -0.2) is 23.0 Å². The van der Waals surface area contributed by atoms with Gasteiger partial charge in [-0.3, -0.25) is 4.79 Å². The predicted octanol–water partition coefficient (Wildman–Crippen LogP) is 2.88. The molecule has 1 amide bonds. The van der Waals surface area contributed by atoms with Gasteiger partial charge >= 0.3 is 5.97 Å². The molecule has 1 unspecified atom stereocenters. The summed E-state index contributed by atoms with van der Waals surface area (Å²) in [6, 6.07) is 0.877. The minimum Gasteiger partial charge on any atom is -0.480 e. The van der Waals surface area contributed by atoms with Gasteiger partial charge in [0.2, 0.25) is 0 Å². The first-order chi connectivity index (χ1) is 8.04. The molecule has 6 heteroatoms. The lowest BCUT2D eigenvalue weighted by Gasteiger charge is -2.13. The minimum absolute atomic E-state index is 0.329. The lowest BCUT2D eigenvalue weighted by molar-refractivity contribution is -0.139. The van der Waals surface area contributed by atoms with Crippen molar-refractivity contribution >= 4 is 39.1 Å². The van der Waals surface area contributed by atoms with Crippen LogP contribution < -0.4 is 5.32 Å².